The Morgan fingerprint density at radius 2 is 2.23 bits per heavy atom. The molecular formula is C10H11ClN2. The van der Waals surface area contributed by atoms with E-state index in [2.05, 4.69) is 24.2 Å². The second-order valence-corrected chi connectivity index (χ2v) is 3.44. The van der Waals surface area contributed by atoms with E-state index in [1.165, 1.54) is 11.1 Å². The molecule has 0 saturated carbocycles. The fraction of sp³-hybridized carbons (Fsp3) is 0.300. The van der Waals surface area contributed by atoms with Gasteiger partial charge in [0.15, 0.2) is 0 Å². The van der Waals surface area contributed by atoms with Crippen LogP contribution in [0.4, 0.5) is 0 Å². The molecule has 0 amide bonds. The van der Waals surface area contributed by atoms with Gasteiger partial charge in [0.05, 0.1) is 17.1 Å². The van der Waals surface area contributed by atoms with E-state index in [1.807, 2.05) is 17.8 Å². The summed E-state index contributed by atoms with van der Waals surface area (Å²) in [6.07, 6.45) is 0. The SMILES string of the molecule is Cc1cccc2c(CCl)nn(C)c12. The number of rotatable bonds is 1. The van der Waals surface area contributed by atoms with E-state index >= 15 is 0 Å². The highest BCUT2D eigenvalue weighted by atomic mass is 35.5. The number of benzene rings is 1. The molecule has 0 unspecified atom stereocenters. The van der Waals surface area contributed by atoms with Crippen molar-refractivity contribution >= 4 is 22.5 Å². The lowest BCUT2D eigenvalue weighted by Crippen LogP contribution is -1.91. The van der Waals surface area contributed by atoms with Gasteiger partial charge in [-0.25, -0.2) is 0 Å². The van der Waals surface area contributed by atoms with Gasteiger partial charge in [-0.3, -0.25) is 4.68 Å². The number of hydrogen-bond acceptors (Lipinski definition) is 1. The smallest absolute Gasteiger partial charge is 0.0850 e. The molecule has 1 aromatic heterocycles. The average molecular weight is 195 g/mol. The van der Waals surface area contributed by atoms with Crippen molar-refractivity contribution in [3.8, 4) is 0 Å². The minimum absolute atomic E-state index is 0.473. The van der Waals surface area contributed by atoms with Crippen LogP contribution in [0, 0.1) is 6.92 Å². The van der Waals surface area contributed by atoms with Gasteiger partial charge in [0.25, 0.3) is 0 Å². The molecular weight excluding hydrogens is 184 g/mol. The zero-order chi connectivity index (χ0) is 9.42. The zero-order valence-electron chi connectivity index (χ0n) is 7.71. The molecule has 0 radical (unpaired) electrons. The molecule has 2 rings (SSSR count). The normalized spacial score (nSPS) is 11.0. The van der Waals surface area contributed by atoms with Gasteiger partial charge in [-0.1, -0.05) is 18.2 Å². The van der Waals surface area contributed by atoms with Crippen LogP contribution in [0.15, 0.2) is 18.2 Å². The Bertz CT molecular complexity index is 445. The van der Waals surface area contributed by atoms with E-state index in [-0.39, 0.29) is 0 Å². The lowest BCUT2D eigenvalue weighted by atomic mass is 10.1. The van der Waals surface area contributed by atoms with Crippen LogP contribution in [0.3, 0.4) is 0 Å². The molecule has 13 heavy (non-hydrogen) atoms. The average Bonchev–Trinajstić information content (AvgIpc) is 2.44. The van der Waals surface area contributed by atoms with Crippen molar-refractivity contribution in [2.75, 3.05) is 0 Å². The van der Waals surface area contributed by atoms with E-state index in [0.29, 0.717) is 5.88 Å². The Balaban J connectivity index is 2.87. The van der Waals surface area contributed by atoms with E-state index < -0.39 is 0 Å². The Morgan fingerprint density at radius 1 is 1.46 bits per heavy atom. The second kappa shape index (κ2) is 3.04. The number of nitrogens with zero attached hydrogens (tertiary/aromatic N) is 2. The number of alkyl halides is 1. The minimum atomic E-state index is 0.473. The van der Waals surface area contributed by atoms with Gasteiger partial charge in [-0.15, -0.1) is 11.6 Å². The third-order valence-electron chi connectivity index (χ3n) is 2.27. The van der Waals surface area contributed by atoms with Gasteiger partial charge < -0.3 is 0 Å². The summed E-state index contributed by atoms with van der Waals surface area (Å²) in [6.45, 7) is 2.09. The maximum atomic E-state index is 5.80. The van der Waals surface area contributed by atoms with Gasteiger partial charge in [0.2, 0.25) is 0 Å². The number of halogens is 1. The van der Waals surface area contributed by atoms with Crippen molar-refractivity contribution in [2.24, 2.45) is 7.05 Å². The highest BCUT2D eigenvalue weighted by Crippen LogP contribution is 2.21. The van der Waals surface area contributed by atoms with Crippen molar-refractivity contribution in [1.82, 2.24) is 9.78 Å². The molecule has 3 heteroatoms. The van der Waals surface area contributed by atoms with Crippen LogP contribution in [0.5, 0.6) is 0 Å². The molecule has 0 atom stereocenters. The topological polar surface area (TPSA) is 17.8 Å². The number of aromatic nitrogens is 2. The lowest BCUT2D eigenvalue weighted by Gasteiger charge is -1.97. The van der Waals surface area contributed by atoms with Gasteiger partial charge in [0.1, 0.15) is 0 Å². The Kier molecular flexibility index (Phi) is 2.00. The van der Waals surface area contributed by atoms with Crippen molar-refractivity contribution in [2.45, 2.75) is 12.8 Å². The highest BCUT2D eigenvalue weighted by Gasteiger charge is 2.08. The molecule has 1 aromatic carbocycles. The second-order valence-electron chi connectivity index (χ2n) is 3.18. The van der Waals surface area contributed by atoms with Crippen LogP contribution in [0.2, 0.25) is 0 Å². The third kappa shape index (κ3) is 1.22. The van der Waals surface area contributed by atoms with Crippen LogP contribution in [0.25, 0.3) is 10.9 Å². The summed E-state index contributed by atoms with van der Waals surface area (Å²) in [6, 6.07) is 6.18. The fourth-order valence-corrected chi connectivity index (χ4v) is 1.90. The third-order valence-corrected chi connectivity index (χ3v) is 2.52. The molecule has 0 bridgehead atoms. The molecule has 0 aliphatic carbocycles. The highest BCUT2D eigenvalue weighted by molar-refractivity contribution is 6.17. The fourth-order valence-electron chi connectivity index (χ4n) is 1.71. The van der Waals surface area contributed by atoms with Gasteiger partial charge in [-0.2, -0.15) is 5.10 Å². The maximum absolute atomic E-state index is 5.80. The first-order valence-electron chi connectivity index (χ1n) is 4.21. The van der Waals surface area contributed by atoms with E-state index in [9.17, 15) is 0 Å². The first-order chi connectivity index (χ1) is 6.24. The Morgan fingerprint density at radius 3 is 2.92 bits per heavy atom. The van der Waals surface area contributed by atoms with Gasteiger partial charge in [-0.05, 0) is 12.5 Å². The molecule has 68 valence electrons. The molecule has 2 aromatic rings. The largest absolute Gasteiger partial charge is 0.267 e. The molecule has 0 N–H and O–H groups in total. The van der Waals surface area contributed by atoms with Crippen molar-refractivity contribution in [3.05, 3.63) is 29.5 Å². The van der Waals surface area contributed by atoms with E-state index in [4.69, 9.17) is 11.6 Å². The summed E-state index contributed by atoms with van der Waals surface area (Å²) < 4.78 is 1.89. The summed E-state index contributed by atoms with van der Waals surface area (Å²) in [5.41, 5.74) is 3.38. The summed E-state index contributed by atoms with van der Waals surface area (Å²) in [4.78, 5) is 0. The van der Waals surface area contributed by atoms with Gasteiger partial charge >= 0.3 is 0 Å². The maximum Gasteiger partial charge on any atom is 0.0850 e. The van der Waals surface area contributed by atoms with Crippen LogP contribution in [0.1, 0.15) is 11.3 Å². The first-order valence-corrected chi connectivity index (χ1v) is 4.74. The van der Waals surface area contributed by atoms with Gasteiger partial charge in [0, 0.05) is 12.4 Å². The minimum Gasteiger partial charge on any atom is -0.267 e. The van der Waals surface area contributed by atoms with E-state index in [1.54, 1.807) is 0 Å². The number of hydrogen-bond donors (Lipinski definition) is 0. The quantitative estimate of drug-likeness (QED) is 0.639. The predicted octanol–water partition coefficient (Wildman–Crippen LogP) is 2.62. The van der Waals surface area contributed by atoms with Crippen molar-refractivity contribution in [1.29, 1.82) is 0 Å². The summed E-state index contributed by atoms with van der Waals surface area (Å²) in [5.74, 6) is 0.473. The summed E-state index contributed by atoms with van der Waals surface area (Å²) in [5, 5.41) is 5.52. The van der Waals surface area contributed by atoms with E-state index in [0.717, 1.165) is 11.1 Å². The van der Waals surface area contributed by atoms with Crippen molar-refractivity contribution < 1.29 is 0 Å². The number of fused-ring (bicyclic) bond motifs is 1. The van der Waals surface area contributed by atoms with Crippen LogP contribution in [-0.2, 0) is 12.9 Å². The molecule has 0 aliphatic heterocycles. The molecule has 0 aliphatic rings. The number of para-hydroxylation sites is 1. The van der Waals surface area contributed by atoms with Crippen LogP contribution < -0.4 is 0 Å². The summed E-state index contributed by atoms with van der Waals surface area (Å²) >= 11 is 5.80. The lowest BCUT2D eigenvalue weighted by molar-refractivity contribution is 0.778. The molecule has 0 spiro atoms. The van der Waals surface area contributed by atoms with Crippen molar-refractivity contribution in [3.63, 3.8) is 0 Å². The predicted molar refractivity (Wildman–Crippen MR) is 55.0 cm³/mol. The molecule has 2 nitrogen and oxygen atoms in total. The zero-order valence-corrected chi connectivity index (χ0v) is 8.47. The standard InChI is InChI=1S/C10H11ClN2/c1-7-4-3-5-8-9(6-11)12-13(2)10(7)8/h3-5H,6H2,1-2H3. The number of aryl methyl sites for hydroxylation is 2. The first kappa shape index (κ1) is 8.57. The Labute approximate surface area is 82.1 Å². The summed E-state index contributed by atoms with van der Waals surface area (Å²) in [7, 11) is 1.95. The molecule has 0 fully saturated rings. The van der Waals surface area contributed by atoms with Crippen LogP contribution in [-0.4, -0.2) is 9.78 Å². The molecule has 0 saturated heterocycles. The Hall–Kier alpha value is -1.02. The molecule has 1 heterocycles. The monoisotopic (exact) mass is 194 g/mol. The van der Waals surface area contributed by atoms with Crippen LogP contribution >= 0.6 is 11.6 Å².